The molecule has 0 aromatic rings. The summed E-state index contributed by atoms with van der Waals surface area (Å²) in [6.07, 6.45) is 19.7. The summed E-state index contributed by atoms with van der Waals surface area (Å²) < 4.78 is 0. The van der Waals surface area contributed by atoms with Crippen LogP contribution in [0.25, 0.3) is 0 Å². The predicted molar refractivity (Wildman–Crippen MR) is 125 cm³/mol. The highest BCUT2D eigenvalue weighted by atomic mass is 32.2. The quantitative estimate of drug-likeness (QED) is 0.108. The maximum absolute atomic E-state index is 9.29. The summed E-state index contributed by atoms with van der Waals surface area (Å²) in [6.45, 7) is 15.5. The van der Waals surface area contributed by atoms with E-state index in [0.29, 0.717) is 5.57 Å². The molecule has 0 saturated carbocycles. The number of nitrogens with one attached hydrogen (secondary N) is 1. The van der Waals surface area contributed by atoms with Crippen molar-refractivity contribution in [1.82, 2.24) is 5.32 Å². The number of rotatable bonds is 18. The van der Waals surface area contributed by atoms with Crippen molar-refractivity contribution in [2.24, 2.45) is 0 Å². The van der Waals surface area contributed by atoms with Crippen molar-refractivity contribution in [2.45, 2.75) is 78.1 Å². The zero-order chi connectivity index (χ0) is 20.3. The van der Waals surface area contributed by atoms with E-state index < -0.39 is 0 Å². The topological polar surface area (TPSA) is 32.3 Å². The molecule has 3 heteroatoms. The van der Waals surface area contributed by atoms with Crippen molar-refractivity contribution in [3.63, 3.8) is 0 Å². The van der Waals surface area contributed by atoms with Gasteiger partial charge in [-0.3, -0.25) is 0 Å². The van der Waals surface area contributed by atoms with Gasteiger partial charge in [-0.05, 0) is 56.4 Å². The molecule has 0 fully saturated rings. The fourth-order valence-corrected chi connectivity index (χ4v) is 3.45. The van der Waals surface area contributed by atoms with Crippen LogP contribution in [0.4, 0.5) is 0 Å². The van der Waals surface area contributed by atoms with Crippen LogP contribution in [0.5, 0.6) is 0 Å². The van der Waals surface area contributed by atoms with Crippen molar-refractivity contribution < 1.29 is 5.11 Å². The van der Waals surface area contributed by atoms with Gasteiger partial charge in [0.25, 0.3) is 0 Å². The van der Waals surface area contributed by atoms with Crippen molar-refractivity contribution in [3.8, 4) is 0 Å². The normalized spacial score (nSPS) is 11.7. The van der Waals surface area contributed by atoms with Gasteiger partial charge in [0.2, 0.25) is 0 Å². The maximum atomic E-state index is 9.29. The first-order chi connectivity index (χ1) is 13.0. The van der Waals surface area contributed by atoms with Crippen LogP contribution in [0.1, 0.15) is 78.1 Å². The lowest BCUT2D eigenvalue weighted by molar-refractivity contribution is 0.426. The number of aliphatic hydroxyl groups excluding tert-OH is 1. The van der Waals surface area contributed by atoms with Gasteiger partial charge in [0, 0.05) is 17.1 Å². The lowest BCUT2D eigenvalue weighted by atomic mass is 10.1. The number of aliphatic hydroxyl groups is 1. The summed E-state index contributed by atoms with van der Waals surface area (Å²) in [6, 6.07) is 0. The second-order valence-electron chi connectivity index (χ2n) is 7.10. The summed E-state index contributed by atoms with van der Waals surface area (Å²) >= 11 is 1.90. The second kappa shape index (κ2) is 18.0. The number of hydrogen-bond donors (Lipinski definition) is 2. The number of allylic oxidation sites excluding steroid dienone is 4. The first-order valence-electron chi connectivity index (χ1n) is 10.4. The average Bonchev–Trinajstić information content (AvgIpc) is 2.61. The molecule has 0 rings (SSSR count). The summed E-state index contributed by atoms with van der Waals surface area (Å²) in [5, 5.41) is 12.5. The van der Waals surface area contributed by atoms with Crippen LogP contribution in [-0.2, 0) is 0 Å². The molecule has 0 unspecified atom stereocenters. The molecule has 0 atom stereocenters. The molecular formula is C24H41NOS. The molecule has 0 aliphatic heterocycles. The first kappa shape index (κ1) is 25.6. The Morgan fingerprint density at radius 1 is 0.926 bits per heavy atom. The van der Waals surface area contributed by atoms with Crippen molar-refractivity contribution in [2.75, 3.05) is 11.5 Å². The fourth-order valence-electron chi connectivity index (χ4n) is 2.58. The summed E-state index contributed by atoms with van der Waals surface area (Å²) in [5.74, 6) is 2.11. The molecule has 0 aliphatic carbocycles. The summed E-state index contributed by atoms with van der Waals surface area (Å²) in [5.41, 5.74) is 2.38. The van der Waals surface area contributed by atoms with E-state index in [1.807, 2.05) is 11.8 Å². The summed E-state index contributed by atoms with van der Waals surface area (Å²) in [7, 11) is 0. The Balaban J connectivity index is 3.51. The van der Waals surface area contributed by atoms with E-state index in [-0.39, 0.29) is 5.76 Å². The highest BCUT2D eigenvalue weighted by Gasteiger charge is 1.98. The Morgan fingerprint density at radius 3 is 2.11 bits per heavy atom. The molecule has 0 aromatic carbocycles. The Hall–Kier alpha value is -1.35. The van der Waals surface area contributed by atoms with Gasteiger partial charge in [0.15, 0.2) is 0 Å². The van der Waals surface area contributed by atoms with E-state index in [1.54, 1.807) is 13.0 Å². The molecule has 0 heterocycles. The van der Waals surface area contributed by atoms with Gasteiger partial charge >= 0.3 is 0 Å². The third kappa shape index (κ3) is 17.8. The molecule has 2 N–H and O–H groups in total. The van der Waals surface area contributed by atoms with Crippen LogP contribution in [0.3, 0.4) is 0 Å². The Bertz CT molecular complexity index is 491. The van der Waals surface area contributed by atoms with Crippen LogP contribution in [0, 0.1) is 0 Å². The second-order valence-corrected chi connectivity index (χ2v) is 8.21. The summed E-state index contributed by atoms with van der Waals surface area (Å²) in [4.78, 5) is 0. The monoisotopic (exact) mass is 391 g/mol. The van der Waals surface area contributed by atoms with E-state index in [1.165, 1.54) is 64.2 Å². The van der Waals surface area contributed by atoms with Gasteiger partial charge in [-0.1, -0.05) is 70.9 Å². The van der Waals surface area contributed by atoms with Gasteiger partial charge in [-0.15, -0.1) is 0 Å². The molecule has 0 bridgehead atoms. The zero-order valence-corrected chi connectivity index (χ0v) is 18.5. The van der Waals surface area contributed by atoms with Crippen molar-refractivity contribution in [3.05, 3.63) is 60.7 Å². The molecule has 27 heavy (non-hydrogen) atoms. The minimum Gasteiger partial charge on any atom is -0.508 e. The molecule has 0 aromatic heterocycles. The van der Waals surface area contributed by atoms with Gasteiger partial charge in [-0.2, -0.15) is 11.8 Å². The Morgan fingerprint density at radius 2 is 1.52 bits per heavy atom. The zero-order valence-electron chi connectivity index (χ0n) is 17.7. The van der Waals surface area contributed by atoms with E-state index in [4.69, 9.17) is 0 Å². The predicted octanol–water partition coefficient (Wildman–Crippen LogP) is 7.83. The molecule has 2 nitrogen and oxygen atoms in total. The minimum atomic E-state index is 0.0692. The first-order valence-corrected chi connectivity index (χ1v) is 11.6. The van der Waals surface area contributed by atoms with Gasteiger partial charge in [0.05, 0.1) is 0 Å². The SMILES string of the molecule is C=C(/C=C(\C)C(=C)O)NC(=C)CSCCCCC/C=C\CCCCCCC. The van der Waals surface area contributed by atoms with E-state index in [9.17, 15) is 5.11 Å². The van der Waals surface area contributed by atoms with Crippen molar-refractivity contribution in [1.29, 1.82) is 0 Å². The lowest BCUT2D eigenvalue weighted by Crippen LogP contribution is -2.12. The third-order valence-electron chi connectivity index (χ3n) is 4.26. The van der Waals surface area contributed by atoms with Crippen LogP contribution in [0.2, 0.25) is 0 Å². The molecular weight excluding hydrogens is 350 g/mol. The number of thioether (sulfide) groups is 1. The maximum Gasteiger partial charge on any atom is 0.111 e. The smallest absolute Gasteiger partial charge is 0.111 e. The highest BCUT2D eigenvalue weighted by molar-refractivity contribution is 7.99. The molecule has 0 radical (unpaired) electrons. The van der Waals surface area contributed by atoms with Crippen LogP contribution in [-0.4, -0.2) is 16.6 Å². The molecule has 0 saturated heterocycles. The molecule has 154 valence electrons. The minimum absolute atomic E-state index is 0.0692. The molecule has 0 spiro atoms. The Kier molecular flexibility index (Phi) is 17.1. The van der Waals surface area contributed by atoms with Gasteiger partial charge < -0.3 is 10.4 Å². The lowest BCUT2D eigenvalue weighted by Gasteiger charge is -2.10. The largest absolute Gasteiger partial charge is 0.508 e. The van der Waals surface area contributed by atoms with Gasteiger partial charge in [-0.25, -0.2) is 0 Å². The standard InChI is InChI=1S/C24H41NOS/c1-6-7-8-9-10-11-12-13-14-15-16-17-18-27-20-23(4)25-22(3)19-21(2)24(5)26/h12-13,19,25-26H,3-11,14-18,20H2,1-2H3/b13-12-,21-19+. The van der Waals surface area contributed by atoms with Crippen LogP contribution >= 0.6 is 11.8 Å². The van der Waals surface area contributed by atoms with E-state index in [0.717, 1.165) is 22.9 Å². The molecule has 0 aliphatic rings. The van der Waals surface area contributed by atoms with Gasteiger partial charge in [0.1, 0.15) is 5.76 Å². The number of hydrogen-bond acceptors (Lipinski definition) is 3. The van der Waals surface area contributed by atoms with E-state index in [2.05, 4.69) is 44.1 Å². The third-order valence-corrected chi connectivity index (χ3v) is 5.39. The van der Waals surface area contributed by atoms with E-state index >= 15 is 0 Å². The Labute approximate surface area is 172 Å². The average molecular weight is 392 g/mol. The fraction of sp³-hybridized carbons (Fsp3) is 0.583. The molecule has 0 amide bonds. The number of unbranched alkanes of at least 4 members (excludes halogenated alkanes) is 8. The van der Waals surface area contributed by atoms with Crippen molar-refractivity contribution >= 4 is 11.8 Å². The van der Waals surface area contributed by atoms with Crippen LogP contribution < -0.4 is 5.32 Å². The highest BCUT2D eigenvalue weighted by Crippen LogP contribution is 2.12. The van der Waals surface area contributed by atoms with Crippen LogP contribution in [0.15, 0.2) is 60.7 Å².